The molecule has 0 amide bonds. The largest absolute Gasteiger partial charge is 0.472 e. The predicted octanol–water partition coefficient (Wildman–Crippen LogP) is 2.64. The zero-order valence-electron chi connectivity index (χ0n) is 19.8. The van der Waals surface area contributed by atoms with Crippen molar-refractivity contribution in [2.45, 2.75) is 84.6 Å². The fraction of sp³-hybridized carbons (Fsp3) is 0.880. The maximum Gasteiger partial charge on any atom is 0.313 e. The molecule has 5 aliphatic rings. The lowest BCUT2D eigenvalue weighted by molar-refractivity contribution is -0.211. The maximum atomic E-state index is 13.3. The van der Waals surface area contributed by atoms with Gasteiger partial charge >= 0.3 is 5.97 Å². The van der Waals surface area contributed by atoms with Gasteiger partial charge in [-0.15, -0.1) is 0 Å². The number of aliphatic hydroxyl groups is 2. The first-order chi connectivity index (χ1) is 15.1. The lowest BCUT2D eigenvalue weighted by Crippen LogP contribution is -2.58. The van der Waals surface area contributed by atoms with Crippen LogP contribution in [0.5, 0.6) is 0 Å². The van der Waals surface area contributed by atoms with E-state index in [1.807, 2.05) is 13.8 Å². The summed E-state index contributed by atoms with van der Waals surface area (Å²) in [5, 5.41) is 21.1. The molecule has 1 unspecified atom stereocenters. The summed E-state index contributed by atoms with van der Waals surface area (Å²) in [5.41, 5.74) is -0.185. The smallest absolute Gasteiger partial charge is 0.313 e. The van der Waals surface area contributed by atoms with Gasteiger partial charge in [0.15, 0.2) is 6.10 Å². The van der Waals surface area contributed by atoms with E-state index in [9.17, 15) is 15.0 Å². The summed E-state index contributed by atoms with van der Waals surface area (Å²) in [6, 6.07) is 0. The Morgan fingerprint density at radius 1 is 1.22 bits per heavy atom. The van der Waals surface area contributed by atoms with Crippen LogP contribution < -0.4 is 0 Å². The summed E-state index contributed by atoms with van der Waals surface area (Å²) in [4.78, 5) is 13.3. The third-order valence-corrected chi connectivity index (χ3v) is 9.29. The summed E-state index contributed by atoms with van der Waals surface area (Å²) in [5.74, 6) is 0.0272. The van der Waals surface area contributed by atoms with Crippen LogP contribution in [0.4, 0.5) is 0 Å². The number of esters is 1. The van der Waals surface area contributed by atoms with Crippen LogP contribution in [-0.4, -0.2) is 60.1 Å². The molecule has 11 atom stereocenters. The fourth-order valence-electron chi connectivity index (χ4n) is 7.42. The second-order valence-corrected chi connectivity index (χ2v) is 11.5. The van der Waals surface area contributed by atoms with Crippen molar-refractivity contribution in [3.63, 3.8) is 0 Å². The Morgan fingerprint density at radius 2 is 1.97 bits per heavy atom. The molecule has 2 heterocycles. The van der Waals surface area contributed by atoms with Crippen molar-refractivity contribution in [3.05, 3.63) is 11.8 Å². The van der Waals surface area contributed by atoms with E-state index in [1.54, 1.807) is 13.2 Å². The predicted molar refractivity (Wildman–Crippen MR) is 115 cm³/mol. The highest BCUT2D eigenvalue weighted by atomic mass is 16.7. The van der Waals surface area contributed by atoms with Crippen LogP contribution in [0.1, 0.15) is 53.9 Å². The minimum absolute atomic E-state index is 0.00986. The number of hydrogen-bond acceptors (Lipinski definition) is 7. The number of aliphatic hydroxyl groups excluding tert-OH is 2. The molecule has 1 spiro atoms. The van der Waals surface area contributed by atoms with Crippen LogP contribution in [0.15, 0.2) is 11.8 Å². The molecule has 3 saturated carbocycles. The monoisotopic (exact) mass is 450 g/mol. The van der Waals surface area contributed by atoms with E-state index in [4.69, 9.17) is 18.9 Å². The van der Waals surface area contributed by atoms with Crippen molar-refractivity contribution in [1.82, 2.24) is 0 Å². The van der Waals surface area contributed by atoms with Crippen molar-refractivity contribution in [2.24, 2.45) is 40.4 Å². The summed E-state index contributed by atoms with van der Waals surface area (Å²) >= 11 is 0. The molecule has 0 aromatic carbocycles. The molecule has 0 radical (unpaired) electrons. The van der Waals surface area contributed by atoms with E-state index in [0.29, 0.717) is 25.6 Å². The molecule has 7 heteroatoms. The molecular formula is C25H38O7. The van der Waals surface area contributed by atoms with Gasteiger partial charge in [0.25, 0.3) is 0 Å². The van der Waals surface area contributed by atoms with Gasteiger partial charge in [-0.25, -0.2) is 0 Å². The molecule has 3 bridgehead atoms. The minimum atomic E-state index is -0.780. The number of carbonyl (C=O) groups excluding carboxylic acids is 1. The maximum absolute atomic E-state index is 13.3. The SMILES string of the molecule is CC(C)CCO[C@@H]1[C@@H]2OC(=O)[C@]3(C)[C@H]1C[C@@]14C2=CO[C@@H](OC[C@@H](C)[C@H](C)O)C1C[C@@H](O)[C@@H]34. The number of ether oxygens (including phenoxy) is 4. The first-order valence-corrected chi connectivity index (χ1v) is 12.3. The van der Waals surface area contributed by atoms with E-state index in [0.717, 1.165) is 18.4 Å². The topological polar surface area (TPSA) is 94.5 Å². The molecule has 32 heavy (non-hydrogen) atoms. The number of rotatable bonds is 8. The van der Waals surface area contributed by atoms with Crippen LogP contribution in [0, 0.1) is 40.4 Å². The second kappa shape index (κ2) is 7.69. The Bertz CT molecular complexity index is 793. The van der Waals surface area contributed by atoms with Crippen LogP contribution in [0.25, 0.3) is 0 Å². The van der Waals surface area contributed by atoms with Gasteiger partial charge in [0, 0.05) is 41.3 Å². The molecule has 2 N–H and O–H groups in total. The summed E-state index contributed by atoms with van der Waals surface area (Å²) in [6.45, 7) is 11.0. The summed E-state index contributed by atoms with van der Waals surface area (Å²) < 4.78 is 24.6. The van der Waals surface area contributed by atoms with Crippen LogP contribution in [0.3, 0.4) is 0 Å². The fourth-order valence-corrected chi connectivity index (χ4v) is 7.42. The van der Waals surface area contributed by atoms with Crippen molar-refractivity contribution < 1.29 is 34.0 Å². The zero-order chi connectivity index (χ0) is 23.0. The minimum Gasteiger partial charge on any atom is -0.472 e. The average Bonchev–Trinajstić information content (AvgIpc) is 3.13. The van der Waals surface area contributed by atoms with E-state index >= 15 is 0 Å². The Morgan fingerprint density at radius 3 is 2.66 bits per heavy atom. The van der Waals surface area contributed by atoms with Gasteiger partial charge < -0.3 is 29.2 Å². The first-order valence-electron chi connectivity index (χ1n) is 12.3. The van der Waals surface area contributed by atoms with Crippen molar-refractivity contribution in [3.8, 4) is 0 Å². The van der Waals surface area contributed by atoms with Crippen molar-refractivity contribution in [1.29, 1.82) is 0 Å². The highest BCUT2D eigenvalue weighted by Crippen LogP contribution is 2.77. The molecule has 1 saturated heterocycles. The van der Waals surface area contributed by atoms with Gasteiger partial charge in [0.2, 0.25) is 6.29 Å². The Balaban J connectivity index is 1.49. The average molecular weight is 451 g/mol. The molecule has 3 aliphatic carbocycles. The van der Waals surface area contributed by atoms with Crippen molar-refractivity contribution >= 4 is 5.97 Å². The molecule has 0 aromatic heterocycles. The first kappa shape index (κ1) is 22.6. The lowest BCUT2D eigenvalue weighted by Gasteiger charge is -2.51. The normalized spacial score (nSPS) is 47.7. The summed E-state index contributed by atoms with van der Waals surface area (Å²) in [6.07, 6.45) is 1.75. The Hall–Kier alpha value is -1.15. The third kappa shape index (κ3) is 2.90. The van der Waals surface area contributed by atoms with Crippen molar-refractivity contribution in [2.75, 3.05) is 13.2 Å². The summed E-state index contributed by atoms with van der Waals surface area (Å²) in [7, 11) is 0. The van der Waals surface area contributed by atoms with Gasteiger partial charge in [0.05, 0.1) is 30.5 Å². The Labute approximate surface area is 190 Å². The number of carbonyl (C=O) groups is 1. The van der Waals surface area contributed by atoms with E-state index in [1.165, 1.54) is 0 Å². The third-order valence-electron chi connectivity index (χ3n) is 9.29. The van der Waals surface area contributed by atoms with E-state index in [2.05, 4.69) is 13.8 Å². The number of hydrogen-bond donors (Lipinski definition) is 2. The van der Waals surface area contributed by atoms with Gasteiger partial charge in [0.1, 0.15) is 6.10 Å². The molecule has 180 valence electrons. The molecule has 4 fully saturated rings. The zero-order valence-corrected chi connectivity index (χ0v) is 19.8. The molecule has 2 aliphatic heterocycles. The van der Waals surface area contributed by atoms with Gasteiger partial charge in [-0.1, -0.05) is 20.8 Å². The van der Waals surface area contributed by atoms with E-state index in [-0.39, 0.29) is 41.2 Å². The number of fused-ring (bicyclic) bond motifs is 3. The highest BCUT2D eigenvalue weighted by molar-refractivity contribution is 5.81. The highest BCUT2D eigenvalue weighted by Gasteiger charge is 2.81. The Kier molecular flexibility index (Phi) is 5.44. The molecular weight excluding hydrogens is 412 g/mol. The van der Waals surface area contributed by atoms with Crippen LogP contribution in [0.2, 0.25) is 0 Å². The van der Waals surface area contributed by atoms with E-state index < -0.39 is 30.0 Å². The lowest BCUT2D eigenvalue weighted by atomic mass is 9.61. The quantitative estimate of drug-likeness (QED) is 0.549. The molecule has 7 nitrogen and oxygen atoms in total. The molecule has 5 rings (SSSR count). The van der Waals surface area contributed by atoms with Crippen LogP contribution >= 0.6 is 0 Å². The van der Waals surface area contributed by atoms with Gasteiger partial charge in [-0.05, 0) is 39.0 Å². The standard InChI is InChI=1S/C25H38O7/c1-12(2)6-7-29-19-16-9-25-15-8-18(27)21(25)24(16,5)23(28)32-20(19)17(25)11-31-22(15)30-10-13(3)14(4)26/h11-16,18-22,26-27H,6-10H2,1-5H3/t13-,14+,15?,16+,18-,19+,20-,21+,22-,24-,25+/m1/s1. The second-order valence-electron chi connectivity index (χ2n) is 11.5. The van der Waals surface area contributed by atoms with Gasteiger partial charge in [-0.2, -0.15) is 0 Å². The van der Waals surface area contributed by atoms with Gasteiger partial charge in [-0.3, -0.25) is 4.79 Å². The molecule has 0 aromatic rings. The van der Waals surface area contributed by atoms with Crippen LogP contribution in [-0.2, 0) is 23.7 Å².